The molecule has 0 aliphatic carbocycles. The molecule has 6 nitrogen and oxygen atoms in total. The van der Waals surface area contributed by atoms with Gasteiger partial charge in [0.2, 0.25) is 5.75 Å². The van der Waals surface area contributed by atoms with Gasteiger partial charge in [0, 0.05) is 12.5 Å². The van der Waals surface area contributed by atoms with E-state index in [2.05, 4.69) is 23.0 Å². The molecule has 2 aromatic carbocycles. The minimum atomic E-state index is 0.0853. The van der Waals surface area contributed by atoms with Gasteiger partial charge in [0.05, 0.1) is 34.5 Å². The fraction of sp³-hybridized carbons (Fsp3) is 0.368. The van der Waals surface area contributed by atoms with Gasteiger partial charge in [0.15, 0.2) is 11.5 Å². The average Bonchev–Trinajstić information content (AvgIpc) is 3.16. The summed E-state index contributed by atoms with van der Waals surface area (Å²) in [7, 11) is 6.53. The van der Waals surface area contributed by atoms with E-state index in [0.29, 0.717) is 17.2 Å². The molecule has 25 heavy (non-hydrogen) atoms. The number of methoxy groups -OCH3 is 4. The Labute approximate surface area is 148 Å². The number of hydrazine groups is 1. The second-order valence-corrected chi connectivity index (χ2v) is 5.84. The van der Waals surface area contributed by atoms with Crippen molar-refractivity contribution in [3.05, 3.63) is 47.5 Å². The molecule has 1 saturated heterocycles. The summed E-state index contributed by atoms with van der Waals surface area (Å²) >= 11 is 0. The van der Waals surface area contributed by atoms with Crippen LogP contribution in [0.1, 0.15) is 23.1 Å². The summed E-state index contributed by atoms with van der Waals surface area (Å²) in [5.74, 6) is 3.03. The molecule has 2 atom stereocenters. The summed E-state index contributed by atoms with van der Waals surface area (Å²) < 4.78 is 21.6. The molecular weight excluding hydrogens is 320 g/mol. The van der Waals surface area contributed by atoms with Crippen LogP contribution in [0.5, 0.6) is 23.0 Å². The summed E-state index contributed by atoms with van der Waals surface area (Å²) in [5, 5.41) is 0. The van der Waals surface area contributed by atoms with Gasteiger partial charge in [-0.3, -0.25) is 5.43 Å². The van der Waals surface area contributed by atoms with Crippen LogP contribution in [-0.4, -0.2) is 35.0 Å². The average molecular weight is 344 g/mol. The first-order chi connectivity index (χ1) is 12.2. The smallest absolute Gasteiger partial charge is 0.203 e. The summed E-state index contributed by atoms with van der Waals surface area (Å²) in [6.07, 6.45) is 0. The van der Waals surface area contributed by atoms with Crippen molar-refractivity contribution >= 4 is 0 Å². The minimum Gasteiger partial charge on any atom is -0.497 e. The van der Waals surface area contributed by atoms with Gasteiger partial charge >= 0.3 is 0 Å². The highest BCUT2D eigenvalue weighted by Gasteiger charge is 2.31. The number of hydrogen-bond acceptors (Lipinski definition) is 6. The van der Waals surface area contributed by atoms with Crippen LogP contribution in [0, 0.1) is 0 Å². The van der Waals surface area contributed by atoms with Crippen LogP contribution in [0.3, 0.4) is 0 Å². The number of nitrogens with one attached hydrogen (secondary N) is 2. The third-order valence-corrected chi connectivity index (χ3v) is 4.57. The van der Waals surface area contributed by atoms with Gasteiger partial charge < -0.3 is 18.9 Å². The Morgan fingerprint density at radius 3 is 1.96 bits per heavy atom. The second-order valence-electron chi connectivity index (χ2n) is 5.84. The molecule has 1 aliphatic heterocycles. The molecular formula is C19H24N2O4. The normalized spacial score (nSPS) is 19.5. The molecule has 1 aliphatic rings. The highest BCUT2D eigenvalue weighted by atomic mass is 16.5. The lowest BCUT2D eigenvalue weighted by Gasteiger charge is -2.22. The Kier molecular flexibility index (Phi) is 5.31. The van der Waals surface area contributed by atoms with Crippen LogP contribution in [-0.2, 0) is 0 Å². The molecule has 134 valence electrons. The quantitative estimate of drug-likeness (QED) is 0.840. The fourth-order valence-electron chi connectivity index (χ4n) is 3.26. The highest BCUT2D eigenvalue weighted by molar-refractivity contribution is 5.55. The molecule has 2 aromatic rings. The van der Waals surface area contributed by atoms with Gasteiger partial charge in [-0.25, -0.2) is 5.43 Å². The molecule has 0 bridgehead atoms. The Morgan fingerprint density at radius 2 is 1.44 bits per heavy atom. The number of ether oxygens (including phenoxy) is 4. The van der Waals surface area contributed by atoms with E-state index in [4.69, 9.17) is 18.9 Å². The SMILES string of the molecule is COc1ccc(C2CNNC2c2cc(OC)c(OC)c(OC)c2)cc1. The van der Waals surface area contributed by atoms with Crippen LogP contribution in [0.15, 0.2) is 36.4 Å². The Morgan fingerprint density at radius 1 is 0.800 bits per heavy atom. The van der Waals surface area contributed by atoms with Gasteiger partial charge in [0.25, 0.3) is 0 Å². The van der Waals surface area contributed by atoms with Crippen molar-refractivity contribution in [2.24, 2.45) is 0 Å². The largest absolute Gasteiger partial charge is 0.497 e. The Balaban J connectivity index is 1.96. The van der Waals surface area contributed by atoms with Crippen LogP contribution in [0.2, 0.25) is 0 Å². The Hall–Kier alpha value is -2.44. The van der Waals surface area contributed by atoms with Crippen molar-refractivity contribution in [2.45, 2.75) is 12.0 Å². The van der Waals surface area contributed by atoms with E-state index < -0.39 is 0 Å². The van der Waals surface area contributed by atoms with Crippen molar-refractivity contribution in [1.29, 1.82) is 0 Å². The van der Waals surface area contributed by atoms with Crippen LogP contribution in [0.4, 0.5) is 0 Å². The number of hydrogen-bond donors (Lipinski definition) is 2. The molecule has 2 N–H and O–H groups in total. The van der Waals surface area contributed by atoms with Crippen LogP contribution < -0.4 is 29.8 Å². The summed E-state index contributed by atoms with van der Waals surface area (Å²) in [4.78, 5) is 0. The van der Waals surface area contributed by atoms with Crippen LogP contribution >= 0.6 is 0 Å². The van der Waals surface area contributed by atoms with E-state index in [1.807, 2.05) is 24.3 Å². The van der Waals surface area contributed by atoms with Gasteiger partial charge in [-0.1, -0.05) is 12.1 Å². The molecule has 0 amide bonds. The maximum Gasteiger partial charge on any atom is 0.203 e. The third-order valence-electron chi connectivity index (χ3n) is 4.57. The van der Waals surface area contributed by atoms with E-state index in [-0.39, 0.29) is 12.0 Å². The molecule has 1 fully saturated rings. The van der Waals surface area contributed by atoms with Gasteiger partial charge in [-0.15, -0.1) is 0 Å². The molecule has 3 rings (SSSR count). The van der Waals surface area contributed by atoms with Gasteiger partial charge in [0.1, 0.15) is 5.75 Å². The molecule has 6 heteroatoms. The molecule has 2 unspecified atom stereocenters. The molecule has 0 saturated carbocycles. The molecule has 1 heterocycles. The third kappa shape index (κ3) is 3.36. The summed E-state index contributed by atoms with van der Waals surface area (Å²) in [5.41, 5.74) is 8.92. The second kappa shape index (κ2) is 7.63. The van der Waals surface area contributed by atoms with Crippen molar-refractivity contribution in [2.75, 3.05) is 35.0 Å². The number of rotatable bonds is 6. The first-order valence-corrected chi connectivity index (χ1v) is 8.14. The molecule has 0 radical (unpaired) electrons. The predicted octanol–water partition coefficient (Wildman–Crippen LogP) is 2.65. The van der Waals surface area contributed by atoms with Gasteiger partial charge in [-0.2, -0.15) is 0 Å². The van der Waals surface area contributed by atoms with Crippen molar-refractivity contribution in [3.8, 4) is 23.0 Å². The maximum atomic E-state index is 5.48. The highest BCUT2D eigenvalue weighted by Crippen LogP contribution is 2.43. The van der Waals surface area contributed by atoms with Gasteiger partial charge in [-0.05, 0) is 35.4 Å². The molecule has 0 spiro atoms. The predicted molar refractivity (Wildman–Crippen MR) is 95.7 cm³/mol. The van der Waals surface area contributed by atoms with E-state index in [0.717, 1.165) is 17.9 Å². The van der Waals surface area contributed by atoms with E-state index in [1.165, 1.54) is 5.56 Å². The lowest BCUT2D eigenvalue weighted by Crippen LogP contribution is -2.25. The van der Waals surface area contributed by atoms with Crippen molar-refractivity contribution in [1.82, 2.24) is 10.9 Å². The van der Waals surface area contributed by atoms with Crippen molar-refractivity contribution < 1.29 is 18.9 Å². The minimum absolute atomic E-state index is 0.0853. The first-order valence-electron chi connectivity index (χ1n) is 8.14. The summed E-state index contributed by atoms with van der Waals surface area (Å²) in [6.45, 7) is 0.827. The lowest BCUT2D eigenvalue weighted by molar-refractivity contribution is 0.323. The topological polar surface area (TPSA) is 61.0 Å². The standard InChI is InChI=1S/C19H24N2O4/c1-22-14-7-5-12(6-8-14)15-11-20-21-18(15)13-9-16(23-2)19(25-4)17(10-13)24-3/h5-10,15,18,20-21H,11H2,1-4H3. The maximum absolute atomic E-state index is 5.48. The Bertz CT molecular complexity index is 693. The van der Waals surface area contributed by atoms with E-state index in [9.17, 15) is 0 Å². The zero-order valence-corrected chi connectivity index (χ0v) is 15.0. The van der Waals surface area contributed by atoms with Crippen molar-refractivity contribution in [3.63, 3.8) is 0 Å². The molecule has 0 aromatic heterocycles. The zero-order chi connectivity index (χ0) is 17.8. The number of benzene rings is 2. The zero-order valence-electron chi connectivity index (χ0n) is 15.0. The fourth-order valence-corrected chi connectivity index (χ4v) is 3.26. The monoisotopic (exact) mass is 344 g/mol. The van der Waals surface area contributed by atoms with E-state index >= 15 is 0 Å². The lowest BCUT2D eigenvalue weighted by atomic mass is 9.88. The van der Waals surface area contributed by atoms with E-state index in [1.54, 1.807) is 28.4 Å². The first kappa shape index (κ1) is 17.4. The summed E-state index contributed by atoms with van der Waals surface area (Å²) in [6, 6.07) is 12.2. The van der Waals surface area contributed by atoms with Crippen LogP contribution in [0.25, 0.3) is 0 Å².